The lowest BCUT2D eigenvalue weighted by Gasteiger charge is -2.43. The van der Waals surface area contributed by atoms with E-state index in [0.717, 1.165) is 6.04 Å². The van der Waals surface area contributed by atoms with E-state index in [-0.39, 0.29) is 16.7 Å². The SMILES string of the molecule is CC1(C)NC2(CCCC(N3CCCC3)C2)NC1(C)C. The van der Waals surface area contributed by atoms with E-state index in [1.165, 1.54) is 51.6 Å². The number of likely N-dealkylation sites (tertiary alicyclic amines) is 1. The number of hydrogen-bond acceptors (Lipinski definition) is 3. The Hall–Kier alpha value is -0.120. The molecular weight excluding hydrogens is 234 g/mol. The third kappa shape index (κ3) is 2.34. The molecule has 1 saturated carbocycles. The zero-order chi connectivity index (χ0) is 13.7. The molecule has 1 spiro atoms. The van der Waals surface area contributed by atoms with E-state index in [1.807, 2.05) is 0 Å². The maximum absolute atomic E-state index is 3.95. The lowest BCUT2D eigenvalue weighted by atomic mass is 9.85. The summed E-state index contributed by atoms with van der Waals surface area (Å²) >= 11 is 0. The highest BCUT2D eigenvalue weighted by Gasteiger charge is 2.54. The molecular formula is C16H31N3. The van der Waals surface area contributed by atoms with Gasteiger partial charge >= 0.3 is 0 Å². The topological polar surface area (TPSA) is 27.3 Å². The molecule has 0 bridgehead atoms. The van der Waals surface area contributed by atoms with Gasteiger partial charge in [0.25, 0.3) is 0 Å². The van der Waals surface area contributed by atoms with Crippen molar-refractivity contribution in [1.82, 2.24) is 15.5 Å². The Morgan fingerprint density at radius 3 is 2.05 bits per heavy atom. The molecule has 2 saturated heterocycles. The van der Waals surface area contributed by atoms with Crippen LogP contribution in [0, 0.1) is 0 Å². The zero-order valence-electron chi connectivity index (χ0n) is 13.2. The molecule has 3 nitrogen and oxygen atoms in total. The van der Waals surface area contributed by atoms with E-state index in [0.29, 0.717) is 0 Å². The molecule has 3 heteroatoms. The fourth-order valence-electron chi connectivity index (χ4n) is 4.43. The predicted octanol–water partition coefficient (Wildman–Crippen LogP) is 2.47. The molecule has 0 amide bonds. The minimum absolute atomic E-state index is 0.167. The van der Waals surface area contributed by atoms with Gasteiger partial charge in [0, 0.05) is 17.1 Å². The van der Waals surface area contributed by atoms with Crippen LogP contribution in [-0.4, -0.2) is 40.8 Å². The van der Waals surface area contributed by atoms with Gasteiger partial charge in [0.1, 0.15) is 0 Å². The normalized spacial score (nSPS) is 36.9. The third-order valence-corrected chi connectivity index (χ3v) is 6.05. The minimum atomic E-state index is 0.167. The molecule has 2 heterocycles. The summed E-state index contributed by atoms with van der Waals surface area (Å²) in [5.74, 6) is 0. The summed E-state index contributed by atoms with van der Waals surface area (Å²) in [4.78, 5) is 2.74. The second-order valence-electron chi connectivity index (χ2n) is 8.08. The molecule has 3 rings (SSSR count). The Labute approximate surface area is 118 Å². The molecule has 110 valence electrons. The number of rotatable bonds is 1. The van der Waals surface area contributed by atoms with Gasteiger partial charge < -0.3 is 4.90 Å². The molecule has 2 N–H and O–H groups in total. The maximum Gasteiger partial charge on any atom is 0.0711 e. The molecule has 0 aromatic rings. The van der Waals surface area contributed by atoms with Gasteiger partial charge in [-0.3, -0.25) is 10.6 Å². The molecule has 3 fully saturated rings. The fourth-order valence-corrected chi connectivity index (χ4v) is 4.43. The van der Waals surface area contributed by atoms with Crippen LogP contribution in [-0.2, 0) is 0 Å². The molecule has 1 atom stereocenters. The Balaban J connectivity index is 1.74. The fraction of sp³-hybridized carbons (Fsp3) is 1.00. The quantitative estimate of drug-likeness (QED) is 0.763. The van der Waals surface area contributed by atoms with Crippen molar-refractivity contribution in [3.05, 3.63) is 0 Å². The second kappa shape index (κ2) is 4.44. The first-order valence-electron chi connectivity index (χ1n) is 8.16. The van der Waals surface area contributed by atoms with E-state index in [9.17, 15) is 0 Å². The van der Waals surface area contributed by atoms with Gasteiger partial charge in [0.15, 0.2) is 0 Å². The van der Waals surface area contributed by atoms with E-state index in [1.54, 1.807) is 0 Å². The largest absolute Gasteiger partial charge is 0.300 e. The predicted molar refractivity (Wildman–Crippen MR) is 80.2 cm³/mol. The van der Waals surface area contributed by atoms with Crippen molar-refractivity contribution in [2.45, 2.75) is 89.0 Å². The Morgan fingerprint density at radius 2 is 1.47 bits per heavy atom. The summed E-state index contributed by atoms with van der Waals surface area (Å²) in [6, 6.07) is 0.793. The van der Waals surface area contributed by atoms with Crippen molar-refractivity contribution < 1.29 is 0 Å². The van der Waals surface area contributed by atoms with Crippen molar-refractivity contribution in [3.63, 3.8) is 0 Å². The van der Waals surface area contributed by atoms with Gasteiger partial charge in [-0.15, -0.1) is 0 Å². The van der Waals surface area contributed by atoms with Crippen molar-refractivity contribution in [1.29, 1.82) is 0 Å². The first kappa shape index (κ1) is 13.8. The molecule has 19 heavy (non-hydrogen) atoms. The van der Waals surface area contributed by atoms with Crippen LogP contribution in [0.3, 0.4) is 0 Å². The smallest absolute Gasteiger partial charge is 0.0711 e. The first-order chi connectivity index (χ1) is 8.84. The van der Waals surface area contributed by atoms with Crippen LogP contribution >= 0.6 is 0 Å². The molecule has 0 radical (unpaired) electrons. The van der Waals surface area contributed by atoms with Crippen LogP contribution in [0.2, 0.25) is 0 Å². The van der Waals surface area contributed by atoms with Gasteiger partial charge in [-0.25, -0.2) is 0 Å². The van der Waals surface area contributed by atoms with E-state index >= 15 is 0 Å². The van der Waals surface area contributed by atoms with Crippen LogP contribution in [0.5, 0.6) is 0 Å². The summed E-state index contributed by atoms with van der Waals surface area (Å²) in [5, 5.41) is 7.90. The second-order valence-corrected chi connectivity index (χ2v) is 8.08. The monoisotopic (exact) mass is 265 g/mol. The molecule has 3 aliphatic rings. The minimum Gasteiger partial charge on any atom is -0.300 e. The molecule has 2 aliphatic heterocycles. The van der Waals surface area contributed by atoms with Crippen LogP contribution < -0.4 is 10.6 Å². The van der Waals surface area contributed by atoms with Gasteiger partial charge in [0.2, 0.25) is 0 Å². The summed E-state index contributed by atoms with van der Waals surface area (Å²) in [5.41, 5.74) is 0.512. The number of hydrogen-bond donors (Lipinski definition) is 2. The summed E-state index contributed by atoms with van der Waals surface area (Å²) in [6.45, 7) is 12.0. The van der Waals surface area contributed by atoms with E-state index < -0.39 is 0 Å². The van der Waals surface area contributed by atoms with Crippen molar-refractivity contribution in [2.75, 3.05) is 13.1 Å². The summed E-state index contributed by atoms with van der Waals surface area (Å²) in [7, 11) is 0. The summed E-state index contributed by atoms with van der Waals surface area (Å²) in [6.07, 6.45) is 8.12. The highest BCUT2D eigenvalue weighted by molar-refractivity contribution is 5.15. The number of nitrogens with zero attached hydrogens (tertiary/aromatic N) is 1. The van der Waals surface area contributed by atoms with Crippen molar-refractivity contribution in [3.8, 4) is 0 Å². The summed E-state index contributed by atoms with van der Waals surface area (Å²) < 4.78 is 0. The molecule has 1 unspecified atom stereocenters. The van der Waals surface area contributed by atoms with Crippen LogP contribution in [0.4, 0.5) is 0 Å². The zero-order valence-corrected chi connectivity index (χ0v) is 13.2. The van der Waals surface area contributed by atoms with Crippen LogP contribution in [0.1, 0.15) is 66.2 Å². The Kier molecular flexibility index (Phi) is 3.23. The van der Waals surface area contributed by atoms with Crippen molar-refractivity contribution >= 4 is 0 Å². The number of nitrogens with one attached hydrogen (secondary N) is 2. The Bertz CT molecular complexity index is 326. The van der Waals surface area contributed by atoms with E-state index in [2.05, 4.69) is 43.2 Å². The van der Waals surface area contributed by atoms with Gasteiger partial charge in [0.05, 0.1) is 5.66 Å². The molecule has 0 aromatic heterocycles. The van der Waals surface area contributed by atoms with Gasteiger partial charge in [-0.2, -0.15) is 0 Å². The van der Waals surface area contributed by atoms with Crippen LogP contribution in [0.25, 0.3) is 0 Å². The average Bonchev–Trinajstić information content (AvgIpc) is 2.84. The maximum atomic E-state index is 3.95. The molecule has 0 aromatic carbocycles. The van der Waals surface area contributed by atoms with Gasteiger partial charge in [-0.05, 0) is 79.3 Å². The van der Waals surface area contributed by atoms with Gasteiger partial charge in [-0.1, -0.05) is 0 Å². The van der Waals surface area contributed by atoms with Crippen molar-refractivity contribution in [2.24, 2.45) is 0 Å². The van der Waals surface area contributed by atoms with Crippen LogP contribution in [0.15, 0.2) is 0 Å². The first-order valence-corrected chi connectivity index (χ1v) is 8.16. The standard InChI is InChI=1S/C16H31N3/c1-14(2)15(3,4)18-16(17-14)9-7-8-13(12-16)19-10-5-6-11-19/h13,17-18H,5-12H2,1-4H3. The van der Waals surface area contributed by atoms with E-state index in [4.69, 9.17) is 0 Å². The third-order valence-electron chi connectivity index (χ3n) is 6.05. The average molecular weight is 265 g/mol. The Morgan fingerprint density at radius 1 is 0.895 bits per heavy atom. The lowest BCUT2D eigenvalue weighted by Crippen LogP contribution is -2.58. The highest BCUT2D eigenvalue weighted by Crippen LogP contribution is 2.40. The lowest BCUT2D eigenvalue weighted by molar-refractivity contribution is 0.107. The molecule has 1 aliphatic carbocycles. The highest BCUT2D eigenvalue weighted by atomic mass is 15.4.